The summed E-state index contributed by atoms with van der Waals surface area (Å²) in [6.07, 6.45) is 0.158. The van der Waals surface area contributed by atoms with Crippen LogP contribution in [0.1, 0.15) is 34.1 Å². The number of hydrogen-bond acceptors (Lipinski definition) is 4. The van der Waals surface area contributed by atoms with Crippen LogP contribution < -0.4 is 10.6 Å². The number of carbonyl (C=O) groups excluding carboxylic acids is 1. The van der Waals surface area contributed by atoms with E-state index in [9.17, 15) is 9.90 Å². The summed E-state index contributed by atoms with van der Waals surface area (Å²) in [7, 11) is 0. The maximum Gasteiger partial charge on any atom is 0.246 e. The summed E-state index contributed by atoms with van der Waals surface area (Å²) in [5.41, 5.74) is -0.146. The molecule has 0 aromatic carbocycles. The summed E-state index contributed by atoms with van der Waals surface area (Å²) in [5, 5.41) is 15.5. The Morgan fingerprint density at radius 3 is 2.56 bits per heavy atom. The van der Waals surface area contributed by atoms with E-state index >= 15 is 0 Å². The van der Waals surface area contributed by atoms with Crippen LogP contribution in [0.4, 0.5) is 0 Å². The quantitative estimate of drug-likeness (QED) is 0.640. The topological polar surface area (TPSA) is 70.6 Å². The van der Waals surface area contributed by atoms with E-state index in [0.717, 1.165) is 13.1 Å². The predicted octanol–water partition coefficient (Wildman–Crippen LogP) is 0.278. The number of ether oxygens (including phenoxy) is 1. The third-order valence-electron chi connectivity index (χ3n) is 2.93. The number of carbonyl (C=O) groups is 1. The maximum atomic E-state index is 11.5. The van der Waals surface area contributed by atoms with E-state index in [1.165, 1.54) is 0 Å². The van der Waals surface area contributed by atoms with Gasteiger partial charge in [-0.3, -0.25) is 4.79 Å². The molecule has 1 heterocycles. The molecule has 1 amide bonds. The van der Waals surface area contributed by atoms with Gasteiger partial charge < -0.3 is 20.5 Å². The number of amides is 1. The summed E-state index contributed by atoms with van der Waals surface area (Å²) >= 11 is 0. The summed E-state index contributed by atoms with van der Waals surface area (Å²) in [5.74, 6) is -0.170. The molecule has 3 N–H and O–H groups in total. The smallest absolute Gasteiger partial charge is 0.246 e. The van der Waals surface area contributed by atoms with Crippen molar-refractivity contribution >= 4 is 5.91 Å². The van der Waals surface area contributed by atoms with Crippen LogP contribution >= 0.6 is 0 Å². The Labute approximate surface area is 109 Å². The SMILES string of the molecule is CC(C)(C)CC(O)CNC(=O)COC1(C)CNC1. The fraction of sp³-hybridized carbons (Fsp3) is 0.923. The lowest BCUT2D eigenvalue weighted by atomic mass is 9.89. The lowest BCUT2D eigenvalue weighted by Gasteiger charge is -2.38. The van der Waals surface area contributed by atoms with Crippen LogP contribution in [0, 0.1) is 5.41 Å². The molecule has 1 aliphatic rings. The number of hydrogen-bond donors (Lipinski definition) is 3. The number of rotatable bonds is 6. The van der Waals surface area contributed by atoms with Crippen LogP contribution in [-0.2, 0) is 9.53 Å². The van der Waals surface area contributed by atoms with E-state index in [-0.39, 0.29) is 30.1 Å². The van der Waals surface area contributed by atoms with Crippen LogP contribution in [0.5, 0.6) is 0 Å². The second kappa shape index (κ2) is 5.99. The third kappa shape index (κ3) is 5.80. The van der Waals surface area contributed by atoms with Gasteiger partial charge in [0, 0.05) is 19.6 Å². The first-order chi connectivity index (χ1) is 8.20. The molecule has 0 aliphatic carbocycles. The average Bonchev–Trinajstić information content (AvgIpc) is 2.18. The molecule has 1 aliphatic heterocycles. The molecule has 0 bridgehead atoms. The van der Waals surface area contributed by atoms with Gasteiger partial charge in [0.05, 0.1) is 11.7 Å². The molecule has 1 unspecified atom stereocenters. The Bertz CT molecular complexity index is 282. The minimum absolute atomic E-state index is 0.0560. The van der Waals surface area contributed by atoms with Crippen molar-refractivity contribution in [1.82, 2.24) is 10.6 Å². The number of aliphatic hydroxyl groups excluding tert-OH is 1. The highest BCUT2D eigenvalue weighted by Gasteiger charge is 2.33. The minimum Gasteiger partial charge on any atom is -0.391 e. The van der Waals surface area contributed by atoms with Gasteiger partial charge >= 0.3 is 0 Å². The van der Waals surface area contributed by atoms with Gasteiger partial charge in [0.15, 0.2) is 0 Å². The fourth-order valence-corrected chi connectivity index (χ4v) is 1.88. The second-order valence-electron chi connectivity index (χ2n) is 6.56. The van der Waals surface area contributed by atoms with Gasteiger partial charge in [0.1, 0.15) is 6.61 Å². The summed E-state index contributed by atoms with van der Waals surface area (Å²) in [4.78, 5) is 11.5. The molecule has 0 aromatic heterocycles. The Kier molecular flexibility index (Phi) is 5.13. The molecule has 5 nitrogen and oxygen atoms in total. The van der Waals surface area contributed by atoms with Gasteiger partial charge in [-0.25, -0.2) is 0 Å². The third-order valence-corrected chi connectivity index (χ3v) is 2.93. The molecule has 5 heteroatoms. The zero-order chi connectivity index (χ0) is 13.8. The first kappa shape index (κ1) is 15.4. The Morgan fingerprint density at radius 2 is 2.11 bits per heavy atom. The van der Waals surface area contributed by atoms with Crippen LogP contribution in [0.3, 0.4) is 0 Å². The molecule has 18 heavy (non-hydrogen) atoms. The van der Waals surface area contributed by atoms with E-state index in [2.05, 4.69) is 31.4 Å². The highest BCUT2D eigenvalue weighted by Crippen LogP contribution is 2.20. The van der Waals surface area contributed by atoms with E-state index in [4.69, 9.17) is 4.74 Å². The van der Waals surface area contributed by atoms with Gasteiger partial charge in [0.2, 0.25) is 5.91 Å². The predicted molar refractivity (Wildman–Crippen MR) is 70.3 cm³/mol. The molecule has 0 aromatic rings. The van der Waals surface area contributed by atoms with Crippen LogP contribution in [0.15, 0.2) is 0 Å². The molecular weight excluding hydrogens is 232 g/mol. The van der Waals surface area contributed by atoms with Gasteiger partial charge in [-0.1, -0.05) is 20.8 Å². The van der Waals surface area contributed by atoms with Crippen molar-refractivity contribution in [3.8, 4) is 0 Å². The first-order valence-corrected chi connectivity index (χ1v) is 6.50. The normalized spacial score (nSPS) is 20.1. The second-order valence-corrected chi connectivity index (χ2v) is 6.56. The van der Waals surface area contributed by atoms with Crippen molar-refractivity contribution in [2.45, 2.75) is 45.8 Å². The molecule has 0 radical (unpaired) electrons. The number of nitrogens with one attached hydrogen (secondary N) is 2. The van der Waals surface area contributed by atoms with Crippen molar-refractivity contribution in [3.63, 3.8) is 0 Å². The van der Waals surface area contributed by atoms with Crippen molar-refractivity contribution in [2.75, 3.05) is 26.2 Å². The molecule has 0 saturated carbocycles. The molecule has 0 spiro atoms. The zero-order valence-electron chi connectivity index (χ0n) is 11.9. The zero-order valence-corrected chi connectivity index (χ0v) is 11.9. The van der Waals surface area contributed by atoms with E-state index in [1.807, 2.05) is 6.92 Å². The number of aliphatic hydroxyl groups is 1. The monoisotopic (exact) mass is 258 g/mol. The van der Waals surface area contributed by atoms with Crippen LogP contribution in [-0.4, -0.2) is 49.0 Å². The van der Waals surface area contributed by atoms with Crippen LogP contribution in [0.25, 0.3) is 0 Å². The summed E-state index contributed by atoms with van der Waals surface area (Å²) in [6, 6.07) is 0. The first-order valence-electron chi connectivity index (χ1n) is 6.50. The largest absolute Gasteiger partial charge is 0.391 e. The van der Waals surface area contributed by atoms with Gasteiger partial charge in [-0.2, -0.15) is 0 Å². The molecule has 1 fully saturated rings. The van der Waals surface area contributed by atoms with Crippen molar-refractivity contribution < 1.29 is 14.6 Å². The summed E-state index contributed by atoms with van der Waals surface area (Å²) < 4.78 is 5.50. The van der Waals surface area contributed by atoms with Crippen LogP contribution in [0.2, 0.25) is 0 Å². The molecule has 106 valence electrons. The molecule has 1 atom stereocenters. The van der Waals surface area contributed by atoms with E-state index in [0.29, 0.717) is 6.42 Å². The fourth-order valence-electron chi connectivity index (χ4n) is 1.88. The van der Waals surface area contributed by atoms with Crippen molar-refractivity contribution in [3.05, 3.63) is 0 Å². The standard InChI is InChI=1S/C13H26N2O3/c1-12(2,3)5-10(16)6-15-11(17)7-18-13(4)8-14-9-13/h10,14,16H,5-9H2,1-4H3,(H,15,17). The van der Waals surface area contributed by atoms with Crippen molar-refractivity contribution in [1.29, 1.82) is 0 Å². The minimum atomic E-state index is -0.505. The van der Waals surface area contributed by atoms with Gasteiger partial charge in [-0.05, 0) is 18.8 Å². The van der Waals surface area contributed by atoms with E-state index in [1.54, 1.807) is 0 Å². The highest BCUT2D eigenvalue weighted by atomic mass is 16.5. The van der Waals surface area contributed by atoms with Gasteiger partial charge in [0.25, 0.3) is 0 Å². The molecule has 1 rings (SSSR count). The average molecular weight is 258 g/mol. The van der Waals surface area contributed by atoms with Gasteiger partial charge in [-0.15, -0.1) is 0 Å². The summed E-state index contributed by atoms with van der Waals surface area (Å²) in [6.45, 7) is 10.1. The molecule has 1 saturated heterocycles. The molecular formula is C13H26N2O3. The van der Waals surface area contributed by atoms with Crippen molar-refractivity contribution in [2.24, 2.45) is 5.41 Å². The highest BCUT2D eigenvalue weighted by molar-refractivity contribution is 5.77. The lowest BCUT2D eigenvalue weighted by molar-refractivity contribution is -0.136. The lowest BCUT2D eigenvalue weighted by Crippen LogP contribution is -2.59. The Morgan fingerprint density at radius 1 is 1.50 bits per heavy atom. The maximum absolute atomic E-state index is 11.5. The Hall–Kier alpha value is -0.650. The Balaban J connectivity index is 2.13. The van der Waals surface area contributed by atoms with E-state index < -0.39 is 6.10 Å².